The highest BCUT2D eigenvalue weighted by Crippen LogP contribution is 2.38. The van der Waals surface area contributed by atoms with Crippen molar-refractivity contribution in [3.8, 4) is 0 Å². The number of thiophene rings is 1. The number of ether oxygens (including phenoxy) is 1. The first-order valence-corrected chi connectivity index (χ1v) is 11.3. The van der Waals surface area contributed by atoms with E-state index in [0.717, 1.165) is 34.2 Å². The Bertz CT molecular complexity index is 1120. The average molecular weight is 431 g/mol. The van der Waals surface area contributed by atoms with Crippen LogP contribution in [0.3, 0.4) is 0 Å². The SMILES string of the molecule is CCC1(C)Cc2c(sc3nc(SCC(=O)O)n(Cc4ccccc4)c(=O)c23)CO1. The van der Waals surface area contributed by atoms with Crippen LogP contribution in [-0.2, 0) is 29.1 Å². The van der Waals surface area contributed by atoms with Crippen molar-refractivity contribution in [2.24, 2.45) is 0 Å². The first-order chi connectivity index (χ1) is 13.9. The highest BCUT2D eigenvalue weighted by Gasteiger charge is 2.33. The van der Waals surface area contributed by atoms with Crippen molar-refractivity contribution < 1.29 is 14.6 Å². The molecule has 0 aliphatic carbocycles. The Morgan fingerprint density at radius 3 is 2.83 bits per heavy atom. The van der Waals surface area contributed by atoms with Crippen molar-refractivity contribution in [2.45, 2.75) is 50.6 Å². The van der Waals surface area contributed by atoms with Crippen LogP contribution in [0.4, 0.5) is 0 Å². The molecule has 0 amide bonds. The molecule has 0 spiro atoms. The van der Waals surface area contributed by atoms with E-state index in [-0.39, 0.29) is 16.9 Å². The topological polar surface area (TPSA) is 81.4 Å². The molecule has 29 heavy (non-hydrogen) atoms. The Kier molecular flexibility index (Phi) is 5.50. The van der Waals surface area contributed by atoms with Gasteiger partial charge >= 0.3 is 5.97 Å². The number of benzene rings is 1. The van der Waals surface area contributed by atoms with E-state index in [1.54, 1.807) is 4.57 Å². The fraction of sp³-hybridized carbons (Fsp3) is 0.381. The van der Waals surface area contributed by atoms with E-state index in [0.29, 0.717) is 34.9 Å². The predicted molar refractivity (Wildman–Crippen MR) is 115 cm³/mol. The van der Waals surface area contributed by atoms with E-state index in [2.05, 4.69) is 13.8 Å². The average Bonchev–Trinajstić information content (AvgIpc) is 3.07. The van der Waals surface area contributed by atoms with Crippen LogP contribution in [0.15, 0.2) is 40.3 Å². The summed E-state index contributed by atoms with van der Waals surface area (Å²) in [7, 11) is 0. The van der Waals surface area contributed by atoms with Gasteiger partial charge < -0.3 is 9.84 Å². The molecule has 0 radical (unpaired) electrons. The highest BCUT2D eigenvalue weighted by molar-refractivity contribution is 7.99. The van der Waals surface area contributed by atoms with E-state index < -0.39 is 5.97 Å². The zero-order valence-electron chi connectivity index (χ0n) is 16.3. The van der Waals surface area contributed by atoms with Gasteiger partial charge in [-0.15, -0.1) is 11.3 Å². The lowest BCUT2D eigenvalue weighted by atomic mass is 9.90. The number of hydrogen-bond acceptors (Lipinski definition) is 6. The molecule has 1 aromatic carbocycles. The number of hydrogen-bond donors (Lipinski definition) is 1. The van der Waals surface area contributed by atoms with Crippen LogP contribution >= 0.6 is 23.1 Å². The van der Waals surface area contributed by atoms with Crippen molar-refractivity contribution in [3.63, 3.8) is 0 Å². The van der Waals surface area contributed by atoms with Crippen LogP contribution in [0.1, 0.15) is 36.3 Å². The van der Waals surface area contributed by atoms with Crippen molar-refractivity contribution in [3.05, 3.63) is 56.7 Å². The molecule has 0 saturated carbocycles. The van der Waals surface area contributed by atoms with Crippen molar-refractivity contribution in [2.75, 3.05) is 5.75 Å². The molecule has 2 aromatic heterocycles. The lowest BCUT2D eigenvalue weighted by Crippen LogP contribution is -2.34. The van der Waals surface area contributed by atoms with E-state index in [1.807, 2.05) is 30.3 Å². The molecule has 3 aromatic rings. The van der Waals surface area contributed by atoms with Gasteiger partial charge in [-0.05, 0) is 24.5 Å². The monoisotopic (exact) mass is 430 g/mol. The molecule has 6 nitrogen and oxygen atoms in total. The number of carboxylic acid groups (broad SMARTS) is 1. The molecular weight excluding hydrogens is 408 g/mol. The summed E-state index contributed by atoms with van der Waals surface area (Å²) in [5, 5.41) is 10.2. The van der Waals surface area contributed by atoms with Crippen LogP contribution in [-0.4, -0.2) is 32.0 Å². The lowest BCUT2D eigenvalue weighted by molar-refractivity contribution is -0.133. The summed E-state index contributed by atoms with van der Waals surface area (Å²) >= 11 is 2.56. The molecule has 1 N–H and O–H groups in total. The number of nitrogens with zero attached hydrogens (tertiary/aromatic N) is 2. The van der Waals surface area contributed by atoms with E-state index in [1.165, 1.54) is 11.3 Å². The quantitative estimate of drug-likeness (QED) is 0.471. The second kappa shape index (κ2) is 7.93. The zero-order chi connectivity index (χ0) is 20.6. The standard InChI is InChI=1S/C21H22N2O4S2/c1-3-21(2)9-14-15(11-27-21)29-18-17(14)19(26)23(10-13-7-5-4-6-8-13)20(22-18)28-12-16(24)25/h4-8H,3,9-12H2,1-2H3,(H,24,25). The normalized spacial score (nSPS) is 18.7. The molecule has 1 unspecified atom stereocenters. The molecule has 1 aliphatic rings. The Labute approximate surface area is 176 Å². The Balaban J connectivity index is 1.87. The van der Waals surface area contributed by atoms with Crippen LogP contribution in [0.2, 0.25) is 0 Å². The Morgan fingerprint density at radius 1 is 1.38 bits per heavy atom. The zero-order valence-corrected chi connectivity index (χ0v) is 17.9. The van der Waals surface area contributed by atoms with Gasteiger partial charge in [0.1, 0.15) is 4.83 Å². The van der Waals surface area contributed by atoms with Gasteiger partial charge in [0, 0.05) is 11.3 Å². The first-order valence-electron chi connectivity index (χ1n) is 9.48. The second-order valence-corrected chi connectivity index (χ2v) is 9.43. The summed E-state index contributed by atoms with van der Waals surface area (Å²) in [5.74, 6) is -1.08. The summed E-state index contributed by atoms with van der Waals surface area (Å²) in [5.41, 5.74) is 1.62. The van der Waals surface area contributed by atoms with Crippen LogP contribution in [0, 0.1) is 0 Å². The molecule has 152 valence electrons. The van der Waals surface area contributed by atoms with Crippen molar-refractivity contribution in [1.82, 2.24) is 9.55 Å². The van der Waals surface area contributed by atoms with Crippen molar-refractivity contribution >= 4 is 39.3 Å². The Morgan fingerprint density at radius 2 is 2.14 bits per heavy atom. The highest BCUT2D eigenvalue weighted by atomic mass is 32.2. The third kappa shape index (κ3) is 3.97. The molecule has 8 heteroatoms. The number of thioether (sulfide) groups is 1. The number of aromatic nitrogens is 2. The first kappa shape index (κ1) is 20.1. The summed E-state index contributed by atoms with van der Waals surface area (Å²) in [6.07, 6.45) is 1.55. The van der Waals surface area contributed by atoms with E-state index >= 15 is 0 Å². The number of rotatable bonds is 6. The van der Waals surface area contributed by atoms with Gasteiger partial charge in [-0.1, -0.05) is 49.0 Å². The summed E-state index contributed by atoms with van der Waals surface area (Å²) in [6, 6.07) is 9.68. The predicted octanol–water partition coefficient (Wildman–Crippen LogP) is 3.92. The molecule has 1 atom stereocenters. The number of carbonyl (C=O) groups is 1. The third-order valence-corrected chi connectivity index (χ3v) is 7.38. The summed E-state index contributed by atoms with van der Waals surface area (Å²) < 4.78 is 7.64. The van der Waals surface area contributed by atoms with Gasteiger partial charge in [0.15, 0.2) is 5.16 Å². The minimum absolute atomic E-state index is 0.107. The van der Waals surface area contributed by atoms with E-state index in [4.69, 9.17) is 14.8 Å². The molecular formula is C21H22N2O4S2. The van der Waals surface area contributed by atoms with Gasteiger partial charge in [0.25, 0.3) is 5.56 Å². The van der Waals surface area contributed by atoms with Crippen LogP contribution in [0.25, 0.3) is 10.2 Å². The molecule has 4 rings (SSSR count). The third-order valence-electron chi connectivity index (χ3n) is 5.32. The lowest BCUT2D eigenvalue weighted by Gasteiger charge is -2.32. The second-order valence-electron chi connectivity index (χ2n) is 7.41. The minimum Gasteiger partial charge on any atom is -0.481 e. The molecule has 1 aliphatic heterocycles. The van der Waals surface area contributed by atoms with Gasteiger partial charge in [-0.25, -0.2) is 4.98 Å². The summed E-state index contributed by atoms with van der Waals surface area (Å²) in [6.45, 7) is 5.01. The van der Waals surface area contributed by atoms with Crippen LogP contribution in [0.5, 0.6) is 0 Å². The fourth-order valence-corrected chi connectivity index (χ4v) is 5.37. The molecule has 3 heterocycles. The number of aliphatic carboxylic acids is 1. The maximum atomic E-state index is 13.6. The maximum Gasteiger partial charge on any atom is 0.313 e. The fourth-order valence-electron chi connectivity index (χ4n) is 3.50. The maximum absolute atomic E-state index is 13.6. The van der Waals surface area contributed by atoms with Gasteiger partial charge in [-0.2, -0.15) is 0 Å². The molecule has 0 saturated heterocycles. The van der Waals surface area contributed by atoms with Crippen LogP contribution < -0.4 is 5.56 Å². The largest absolute Gasteiger partial charge is 0.481 e. The molecule has 0 fully saturated rings. The number of fused-ring (bicyclic) bond motifs is 3. The van der Waals surface area contributed by atoms with Gasteiger partial charge in [0.05, 0.1) is 29.9 Å². The van der Waals surface area contributed by atoms with Gasteiger partial charge in [0.2, 0.25) is 0 Å². The number of carboxylic acids is 1. The molecule has 0 bridgehead atoms. The minimum atomic E-state index is -0.937. The summed E-state index contributed by atoms with van der Waals surface area (Å²) in [4.78, 5) is 31.1. The van der Waals surface area contributed by atoms with E-state index in [9.17, 15) is 9.59 Å². The van der Waals surface area contributed by atoms with Crippen molar-refractivity contribution in [1.29, 1.82) is 0 Å². The Hall–Kier alpha value is -2.16. The van der Waals surface area contributed by atoms with Gasteiger partial charge in [-0.3, -0.25) is 14.2 Å². The smallest absolute Gasteiger partial charge is 0.313 e.